The molecule has 2 heterocycles. The van der Waals surface area contributed by atoms with Crippen LogP contribution in [0.15, 0.2) is 36.4 Å². The second kappa shape index (κ2) is 6.12. The number of rotatable bonds is 3. The normalized spacial score (nSPS) is 12.8. The Morgan fingerprint density at radius 2 is 2.12 bits per heavy atom. The molecular weight excluding hydrogens is 358 g/mol. The molecule has 2 aromatic carbocycles. The van der Waals surface area contributed by atoms with Gasteiger partial charge in [-0.25, -0.2) is 9.78 Å². The Balaban J connectivity index is 1.62. The number of para-hydroxylation sites is 1. The molecule has 0 atom stereocenters. The first-order valence-electron chi connectivity index (χ1n) is 7.52. The molecule has 0 saturated heterocycles. The summed E-state index contributed by atoms with van der Waals surface area (Å²) in [7, 11) is 0. The van der Waals surface area contributed by atoms with Crippen molar-refractivity contribution in [2.45, 2.75) is 0 Å². The smallest absolute Gasteiger partial charge is 0.365 e. The molecule has 0 fully saturated rings. The lowest BCUT2D eigenvalue weighted by Crippen LogP contribution is -2.27. The molecule has 9 heteroatoms. The van der Waals surface area contributed by atoms with Gasteiger partial charge in [0.1, 0.15) is 0 Å². The minimum atomic E-state index is -1.09. The minimum Gasteiger partial charge on any atom is -0.481 e. The zero-order chi connectivity index (χ0) is 18.3. The number of carbonyl (C=O) groups excluding carboxylic acids is 2. The molecule has 0 aliphatic carbocycles. The maximum atomic E-state index is 12.6. The number of fused-ring (bicyclic) bond motifs is 2. The largest absolute Gasteiger partial charge is 0.481 e. The average molecular weight is 369 g/mol. The van der Waals surface area contributed by atoms with E-state index in [4.69, 9.17) is 9.84 Å². The molecule has 1 aliphatic rings. The van der Waals surface area contributed by atoms with E-state index >= 15 is 0 Å². The molecule has 0 radical (unpaired) electrons. The third kappa shape index (κ3) is 2.84. The maximum absolute atomic E-state index is 12.6. The molecule has 0 spiro atoms. The van der Waals surface area contributed by atoms with E-state index in [2.05, 4.69) is 15.6 Å². The lowest BCUT2D eigenvalue weighted by Gasteiger charge is -2.20. The summed E-state index contributed by atoms with van der Waals surface area (Å²) in [6, 6.07) is 9.84. The van der Waals surface area contributed by atoms with Gasteiger partial charge in [0.05, 0.1) is 21.5 Å². The number of amides is 2. The van der Waals surface area contributed by atoms with Crippen molar-refractivity contribution in [1.29, 1.82) is 0 Å². The molecule has 1 aliphatic heterocycles. The molecule has 0 unspecified atom stereocenters. The van der Waals surface area contributed by atoms with Gasteiger partial charge >= 0.3 is 5.97 Å². The number of aromatic nitrogens is 1. The van der Waals surface area contributed by atoms with Crippen LogP contribution in [0, 0.1) is 0 Å². The maximum Gasteiger partial charge on any atom is 0.365 e. The lowest BCUT2D eigenvalue weighted by molar-refractivity contribution is -0.118. The first-order chi connectivity index (χ1) is 12.5. The predicted molar refractivity (Wildman–Crippen MR) is 95.1 cm³/mol. The van der Waals surface area contributed by atoms with Crippen LogP contribution < -0.4 is 15.4 Å². The summed E-state index contributed by atoms with van der Waals surface area (Å²) in [5, 5.41) is 14.4. The van der Waals surface area contributed by atoms with Gasteiger partial charge in [0.25, 0.3) is 11.8 Å². The van der Waals surface area contributed by atoms with Crippen LogP contribution in [0.5, 0.6) is 5.75 Å². The van der Waals surface area contributed by atoms with Gasteiger partial charge in [0.2, 0.25) is 5.01 Å². The molecule has 2 amide bonds. The summed E-state index contributed by atoms with van der Waals surface area (Å²) in [5.74, 6) is -1.45. The van der Waals surface area contributed by atoms with Crippen LogP contribution in [0.3, 0.4) is 0 Å². The second-order valence-corrected chi connectivity index (χ2v) is 6.51. The van der Waals surface area contributed by atoms with Gasteiger partial charge in [-0.05, 0) is 30.3 Å². The van der Waals surface area contributed by atoms with Crippen LogP contribution in [0.4, 0.5) is 11.4 Å². The van der Waals surface area contributed by atoms with Gasteiger partial charge in [0, 0.05) is 5.69 Å². The van der Waals surface area contributed by atoms with E-state index in [1.165, 1.54) is 0 Å². The fourth-order valence-electron chi connectivity index (χ4n) is 2.59. The third-order valence-corrected chi connectivity index (χ3v) is 4.72. The zero-order valence-electron chi connectivity index (χ0n) is 13.1. The number of anilines is 2. The summed E-state index contributed by atoms with van der Waals surface area (Å²) in [4.78, 5) is 39.0. The zero-order valence-corrected chi connectivity index (χ0v) is 13.9. The number of carbonyl (C=O) groups is 3. The molecule has 3 N–H and O–H groups in total. The Labute approximate surface area is 150 Å². The molecule has 0 saturated carbocycles. The van der Waals surface area contributed by atoms with Crippen molar-refractivity contribution in [2.75, 3.05) is 17.2 Å². The number of ether oxygens (including phenoxy) is 1. The highest BCUT2D eigenvalue weighted by atomic mass is 32.1. The molecule has 3 aromatic rings. The number of aromatic carboxylic acids is 1. The van der Waals surface area contributed by atoms with E-state index in [-0.39, 0.29) is 23.1 Å². The lowest BCUT2D eigenvalue weighted by atomic mass is 10.1. The summed E-state index contributed by atoms with van der Waals surface area (Å²) in [5.41, 5.74) is 1.78. The van der Waals surface area contributed by atoms with Crippen molar-refractivity contribution < 1.29 is 24.2 Å². The van der Waals surface area contributed by atoms with Crippen LogP contribution in [0.25, 0.3) is 10.2 Å². The van der Waals surface area contributed by atoms with Crippen molar-refractivity contribution in [2.24, 2.45) is 0 Å². The first-order valence-corrected chi connectivity index (χ1v) is 8.34. The molecule has 26 heavy (non-hydrogen) atoms. The highest BCUT2D eigenvalue weighted by molar-refractivity contribution is 7.20. The number of carboxylic acids is 1. The number of benzene rings is 2. The Morgan fingerprint density at radius 3 is 2.92 bits per heavy atom. The fourth-order valence-corrected chi connectivity index (χ4v) is 3.43. The molecule has 8 nitrogen and oxygen atoms in total. The highest BCUT2D eigenvalue weighted by Crippen LogP contribution is 2.32. The number of carboxylic acid groups (broad SMARTS) is 1. The van der Waals surface area contributed by atoms with E-state index in [0.29, 0.717) is 27.3 Å². The van der Waals surface area contributed by atoms with Crippen molar-refractivity contribution in [3.8, 4) is 5.75 Å². The van der Waals surface area contributed by atoms with Gasteiger partial charge in [0.15, 0.2) is 12.4 Å². The topological polar surface area (TPSA) is 118 Å². The predicted octanol–water partition coefficient (Wildman–Crippen LogP) is 2.58. The third-order valence-electron chi connectivity index (χ3n) is 3.71. The van der Waals surface area contributed by atoms with Crippen molar-refractivity contribution in [3.05, 3.63) is 47.0 Å². The van der Waals surface area contributed by atoms with E-state index < -0.39 is 11.9 Å². The standard InChI is InChI=1S/C17H11N3O5S/c21-13-7-25-14-9(2-1-3-11(14)19-13)15(22)18-8-4-5-10-12(6-8)26-16(20-10)17(23)24/h1-6H,7H2,(H,18,22)(H,19,21)(H,23,24). The molecule has 0 bridgehead atoms. The Kier molecular flexibility index (Phi) is 3.77. The van der Waals surface area contributed by atoms with Crippen LogP contribution in [-0.2, 0) is 4.79 Å². The van der Waals surface area contributed by atoms with Crippen molar-refractivity contribution in [3.63, 3.8) is 0 Å². The minimum absolute atomic E-state index is 0.00949. The van der Waals surface area contributed by atoms with Gasteiger partial charge in [-0.3, -0.25) is 9.59 Å². The molecule has 4 rings (SSSR count). The van der Waals surface area contributed by atoms with Gasteiger partial charge in [-0.1, -0.05) is 6.07 Å². The molecule has 130 valence electrons. The summed E-state index contributed by atoms with van der Waals surface area (Å²) in [6.07, 6.45) is 0. The monoisotopic (exact) mass is 369 g/mol. The number of hydrogen-bond donors (Lipinski definition) is 3. The van der Waals surface area contributed by atoms with Gasteiger partial charge < -0.3 is 20.5 Å². The van der Waals surface area contributed by atoms with Crippen LogP contribution in [-0.4, -0.2) is 34.5 Å². The summed E-state index contributed by atoms with van der Waals surface area (Å²) >= 11 is 1.03. The van der Waals surface area contributed by atoms with Crippen LogP contribution in [0.1, 0.15) is 20.2 Å². The van der Waals surface area contributed by atoms with Crippen LogP contribution >= 0.6 is 11.3 Å². The van der Waals surface area contributed by atoms with Crippen molar-refractivity contribution in [1.82, 2.24) is 4.98 Å². The van der Waals surface area contributed by atoms with E-state index in [1.54, 1.807) is 36.4 Å². The Bertz CT molecular complexity index is 1080. The van der Waals surface area contributed by atoms with Crippen LogP contribution in [0.2, 0.25) is 0 Å². The highest BCUT2D eigenvalue weighted by Gasteiger charge is 2.22. The molecule has 1 aromatic heterocycles. The fraction of sp³-hybridized carbons (Fsp3) is 0.0588. The van der Waals surface area contributed by atoms with Gasteiger partial charge in [-0.15, -0.1) is 11.3 Å². The number of hydrogen-bond acceptors (Lipinski definition) is 6. The van der Waals surface area contributed by atoms with Crippen molar-refractivity contribution >= 4 is 50.7 Å². The van der Waals surface area contributed by atoms with E-state index in [9.17, 15) is 14.4 Å². The average Bonchev–Trinajstić information content (AvgIpc) is 3.04. The molecular formula is C17H11N3O5S. The summed E-state index contributed by atoms with van der Waals surface area (Å²) < 4.78 is 6.03. The summed E-state index contributed by atoms with van der Waals surface area (Å²) in [6.45, 7) is -0.151. The quantitative estimate of drug-likeness (QED) is 0.653. The number of thiazole rings is 1. The van der Waals surface area contributed by atoms with E-state index in [1.807, 2.05) is 0 Å². The Hall–Kier alpha value is -3.46. The Morgan fingerprint density at radius 1 is 1.27 bits per heavy atom. The SMILES string of the molecule is O=C1COc2c(cccc2C(=O)Nc2ccc3nc(C(=O)O)sc3c2)N1. The number of nitrogens with zero attached hydrogens (tertiary/aromatic N) is 1. The van der Waals surface area contributed by atoms with Gasteiger partial charge in [-0.2, -0.15) is 0 Å². The second-order valence-electron chi connectivity index (χ2n) is 5.48. The first kappa shape index (κ1) is 16.0. The van der Waals surface area contributed by atoms with E-state index in [0.717, 1.165) is 11.3 Å². The number of nitrogens with one attached hydrogen (secondary N) is 2.